The van der Waals surface area contributed by atoms with Crippen LogP contribution in [0.1, 0.15) is 19.8 Å². The minimum absolute atomic E-state index is 0.0389. The summed E-state index contributed by atoms with van der Waals surface area (Å²) in [5, 5.41) is 6.75. The largest absolute Gasteiger partial charge is 0.397 e. The first-order chi connectivity index (χ1) is 8.47. The second-order valence-corrected chi connectivity index (χ2v) is 5.32. The summed E-state index contributed by atoms with van der Waals surface area (Å²) in [6.07, 6.45) is 2.13. The van der Waals surface area contributed by atoms with E-state index in [2.05, 4.69) is 10.6 Å². The predicted molar refractivity (Wildman–Crippen MR) is 75.1 cm³/mol. The Balaban J connectivity index is 2.03. The molecule has 18 heavy (non-hydrogen) atoms. The van der Waals surface area contributed by atoms with Crippen LogP contribution in [-0.4, -0.2) is 18.0 Å². The molecule has 0 radical (unpaired) electrons. The first-order valence-corrected chi connectivity index (χ1v) is 6.54. The second kappa shape index (κ2) is 5.24. The molecular formula is C12H15Cl2N3O. The molecule has 98 valence electrons. The highest BCUT2D eigenvalue weighted by Crippen LogP contribution is 2.31. The minimum atomic E-state index is -0.370. The number of hydrogen-bond donors (Lipinski definition) is 3. The maximum Gasteiger partial charge on any atom is 0.242 e. The number of nitrogens with two attached hydrogens (primary N) is 1. The van der Waals surface area contributed by atoms with E-state index >= 15 is 0 Å². The first-order valence-electron chi connectivity index (χ1n) is 5.79. The normalized spacial score (nSPS) is 16.2. The van der Waals surface area contributed by atoms with Gasteiger partial charge in [0.05, 0.1) is 21.4 Å². The molecule has 1 unspecified atom stereocenters. The number of halogens is 2. The zero-order valence-electron chi connectivity index (χ0n) is 9.97. The molecular weight excluding hydrogens is 273 g/mol. The molecule has 1 amide bonds. The molecule has 1 saturated carbocycles. The summed E-state index contributed by atoms with van der Waals surface area (Å²) in [4.78, 5) is 11.8. The third kappa shape index (κ3) is 3.21. The van der Waals surface area contributed by atoms with E-state index in [4.69, 9.17) is 28.9 Å². The Bertz CT molecular complexity index is 475. The molecule has 2 rings (SSSR count). The monoisotopic (exact) mass is 287 g/mol. The number of hydrogen-bond acceptors (Lipinski definition) is 3. The minimum Gasteiger partial charge on any atom is -0.397 e. The van der Waals surface area contributed by atoms with Crippen molar-refractivity contribution in [1.29, 1.82) is 0 Å². The van der Waals surface area contributed by atoms with E-state index in [1.54, 1.807) is 19.1 Å². The van der Waals surface area contributed by atoms with Crippen LogP contribution in [0, 0.1) is 0 Å². The lowest BCUT2D eigenvalue weighted by atomic mass is 10.2. The Kier molecular flexibility index (Phi) is 3.88. The van der Waals surface area contributed by atoms with E-state index in [-0.39, 0.29) is 11.9 Å². The molecule has 6 heteroatoms. The van der Waals surface area contributed by atoms with Gasteiger partial charge in [0, 0.05) is 6.04 Å². The Morgan fingerprint density at radius 1 is 1.39 bits per heavy atom. The van der Waals surface area contributed by atoms with Gasteiger partial charge in [0.1, 0.15) is 6.04 Å². The van der Waals surface area contributed by atoms with E-state index in [1.807, 2.05) is 0 Å². The first kappa shape index (κ1) is 13.3. The van der Waals surface area contributed by atoms with Gasteiger partial charge < -0.3 is 16.4 Å². The fourth-order valence-electron chi connectivity index (χ4n) is 1.54. The summed E-state index contributed by atoms with van der Waals surface area (Å²) >= 11 is 11.8. The zero-order valence-corrected chi connectivity index (χ0v) is 11.5. The van der Waals surface area contributed by atoms with Gasteiger partial charge in [-0.1, -0.05) is 23.2 Å². The summed E-state index contributed by atoms with van der Waals surface area (Å²) in [6, 6.07) is 3.16. The van der Waals surface area contributed by atoms with Crippen molar-refractivity contribution >= 4 is 40.5 Å². The van der Waals surface area contributed by atoms with Crippen molar-refractivity contribution in [1.82, 2.24) is 5.32 Å². The molecule has 0 saturated heterocycles. The number of rotatable bonds is 4. The van der Waals surface area contributed by atoms with Gasteiger partial charge >= 0.3 is 0 Å². The predicted octanol–water partition coefficient (Wildman–Crippen LogP) is 2.65. The standard InChI is InChI=1S/C12H15Cl2N3O/c1-6(12(18)17-7-2-3-7)16-11-5-9(14)8(13)4-10(11)15/h4-7,16H,2-3,15H2,1H3,(H,17,18). The number of carbonyl (C=O) groups excluding carboxylic acids is 1. The lowest BCUT2D eigenvalue weighted by molar-refractivity contribution is -0.121. The number of amides is 1. The summed E-state index contributed by atoms with van der Waals surface area (Å²) < 4.78 is 0. The molecule has 1 fully saturated rings. The third-order valence-electron chi connectivity index (χ3n) is 2.78. The van der Waals surface area contributed by atoms with Crippen molar-refractivity contribution in [3.8, 4) is 0 Å². The van der Waals surface area contributed by atoms with Crippen molar-refractivity contribution in [3.05, 3.63) is 22.2 Å². The van der Waals surface area contributed by atoms with Gasteiger partial charge in [-0.15, -0.1) is 0 Å². The van der Waals surface area contributed by atoms with Crippen molar-refractivity contribution in [2.45, 2.75) is 31.8 Å². The van der Waals surface area contributed by atoms with E-state index in [9.17, 15) is 4.79 Å². The lowest BCUT2D eigenvalue weighted by Crippen LogP contribution is -2.38. The Morgan fingerprint density at radius 3 is 2.61 bits per heavy atom. The van der Waals surface area contributed by atoms with Crippen LogP contribution in [-0.2, 0) is 4.79 Å². The lowest BCUT2D eigenvalue weighted by Gasteiger charge is -2.17. The molecule has 0 bridgehead atoms. The highest BCUT2D eigenvalue weighted by Gasteiger charge is 2.25. The van der Waals surface area contributed by atoms with Gasteiger partial charge in [-0.3, -0.25) is 4.79 Å². The van der Waals surface area contributed by atoms with Crippen LogP contribution in [0.25, 0.3) is 0 Å². The van der Waals surface area contributed by atoms with E-state index in [1.165, 1.54) is 0 Å². The average Bonchev–Trinajstić information content (AvgIpc) is 3.09. The van der Waals surface area contributed by atoms with E-state index in [0.29, 0.717) is 27.5 Å². The maximum atomic E-state index is 11.8. The van der Waals surface area contributed by atoms with Gasteiger partial charge in [-0.25, -0.2) is 0 Å². The molecule has 0 aliphatic heterocycles. The summed E-state index contributed by atoms with van der Waals surface area (Å²) in [5.41, 5.74) is 6.90. The van der Waals surface area contributed by atoms with Crippen LogP contribution in [0.2, 0.25) is 10.0 Å². The maximum absolute atomic E-state index is 11.8. The van der Waals surface area contributed by atoms with Crippen molar-refractivity contribution in [3.63, 3.8) is 0 Å². The van der Waals surface area contributed by atoms with Gasteiger partial charge in [-0.05, 0) is 31.9 Å². The van der Waals surface area contributed by atoms with E-state index in [0.717, 1.165) is 12.8 Å². The van der Waals surface area contributed by atoms with Crippen LogP contribution in [0.5, 0.6) is 0 Å². The van der Waals surface area contributed by atoms with Gasteiger partial charge in [0.2, 0.25) is 5.91 Å². The van der Waals surface area contributed by atoms with Crippen LogP contribution in [0.15, 0.2) is 12.1 Å². The molecule has 1 aliphatic rings. The smallest absolute Gasteiger partial charge is 0.242 e. The molecule has 1 aromatic rings. The highest BCUT2D eigenvalue weighted by molar-refractivity contribution is 6.42. The molecule has 1 aromatic carbocycles. The molecule has 1 aliphatic carbocycles. The van der Waals surface area contributed by atoms with E-state index < -0.39 is 0 Å². The Morgan fingerprint density at radius 2 is 2.00 bits per heavy atom. The number of benzene rings is 1. The summed E-state index contributed by atoms with van der Waals surface area (Å²) in [7, 11) is 0. The number of anilines is 2. The van der Waals surface area contributed by atoms with Crippen molar-refractivity contribution < 1.29 is 4.79 Å². The zero-order chi connectivity index (χ0) is 13.3. The van der Waals surface area contributed by atoms with Crippen molar-refractivity contribution in [2.24, 2.45) is 0 Å². The van der Waals surface area contributed by atoms with Crippen LogP contribution in [0.4, 0.5) is 11.4 Å². The van der Waals surface area contributed by atoms with Crippen LogP contribution >= 0.6 is 23.2 Å². The number of nitrogens with one attached hydrogen (secondary N) is 2. The average molecular weight is 288 g/mol. The fraction of sp³-hybridized carbons (Fsp3) is 0.417. The number of nitrogen functional groups attached to an aromatic ring is 1. The Labute approximate surface area is 116 Å². The Hall–Kier alpha value is -1.13. The molecule has 4 N–H and O–H groups in total. The molecule has 1 atom stereocenters. The van der Waals surface area contributed by atoms with Crippen LogP contribution in [0.3, 0.4) is 0 Å². The molecule has 0 heterocycles. The molecule has 4 nitrogen and oxygen atoms in total. The topological polar surface area (TPSA) is 67.1 Å². The third-order valence-corrected chi connectivity index (χ3v) is 3.50. The SMILES string of the molecule is CC(Nc1cc(Cl)c(Cl)cc1N)C(=O)NC1CC1. The molecule has 0 aromatic heterocycles. The summed E-state index contributed by atoms with van der Waals surface area (Å²) in [5.74, 6) is -0.0389. The molecule has 0 spiro atoms. The highest BCUT2D eigenvalue weighted by atomic mass is 35.5. The fourth-order valence-corrected chi connectivity index (χ4v) is 1.88. The number of carbonyl (C=O) groups is 1. The van der Waals surface area contributed by atoms with Crippen LogP contribution < -0.4 is 16.4 Å². The van der Waals surface area contributed by atoms with Crippen molar-refractivity contribution in [2.75, 3.05) is 11.1 Å². The quantitative estimate of drug-likeness (QED) is 0.746. The van der Waals surface area contributed by atoms with Gasteiger partial charge in [-0.2, -0.15) is 0 Å². The second-order valence-electron chi connectivity index (χ2n) is 4.50. The summed E-state index contributed by atoms with van der Waals surface area (Å²) in [6.45, 7) is 1.78. The van der Waals surface area contributed by atoms with Gasteiger partial charge in [0.25, 0.3) is 0 Å². The van der Waals surface area contributed by atoms with Gasteiger partial charge in [0.15, 0.2) is 0 Å².